The number of ether oxygens (including phenoxy) is 4. The second kappa shape index (κ2) is 82.9. The van der Waals surface area contributed by atoms with Gasteiger partial charge in [-0.3, -0.25) is 37.3 Å². The first-order valence-corrected chi connectivity index (χ1v) is 45.7. The van der Waals surface area contributed by atoms with Crippen LogP contribution in [0.25, 0.3) is 0 Å². The molecule has 0 saturated carbocycles. The van der Waals surface area contributed by atoms with Crippen molar-refractivity contribution < 1.29 is 80.2 Å². The third-order valence-electron chi connectivity index (χ3n) is 17.1. The van der Waals surface area contributed by atoms with E-state index in [9.17, 15) is 43.2 Å². The summed E-state index contributed by atoms with van der Waals surface area (Å²) in [6.45, 7) is 4.38. The third kappa shape index (κ3) is 81.9. The number of carbonyl (C=O) groups excluding carboxylic acids is 4. The van der Waals surface area contributed by atoms with Crippen molar-refractivity contribution in [1.82, 2.24) is 0 Å². The molecule has 0 saturated heterocycles. The maximum absolute atomic E-state index is 13.1. The molecule has 0 fully saturated rings. The Bertz CT molecular complexity index is 2890. The lowest BCUT2D eigenvalue weighted by Gasteiger charge is -2.21. The number of phosphoric ester groups is 2. The summed E-state index contributed by atoms with van der Waals surface area (Å²) in [6.07, 6.45) is 103. The zero-order valence-electron chi connectivity index (χ0n) is 69.5. The van der Waals surface area contributed by atoms with E-state index < -0.39 is 97.5 Å². The van der Waals surface area contributed by atoms with Crippen molar-refractivity contribution in [2.75, 3.05) is 39.6 Å². The normalized spacial score (nSPS) is 14.7. The fraction of sp³-hybridized carbons (Fsp3) is 0.613. The molecule has 0 radical (unpaired) electrons. The minimum Gasteiger partial charge on any atom is -0.462 e. The summed E-state index contributed by atoms with van der Waals surface area (Å²) < 4.78 is 68.7. The van der Waals surface area contributed by atoms with Crippen LogP contribution in [0, 0.1) is 0 Å². The van der Waals surface area contributed by atoms with Crippen LogP contribution in [0.1, 0.15) is 310 Å². The second-order valence-corrected chi connectivity index (χ2v) is 30.5. The third-order valence-corrected chi connectivity index (χ3v) is 19.0. The highest BCUT2D eigenvalue weighted by Crippen LogP contribution is 2.45. The van der Waals surface area contributed by atoms with Crippen LogP contribution in [-0.4, -0.2) is 96.7 Å². The van der Waals surface area contributed by atoms with Gasteiger partial charge in [-0.1, -0.05) is 325 Å². The molecule has 0 aromatic rings. The summed E-state index contributed by atoms with van der Waals surface area (Å²) in [5, 5.41) is 10.7. The van der Waals surface area contributed by atoms with E-state index in [1.54, 1.807) is 0 Å². The predicted octanol–water partition coefficient (Wildman–Crippen LogP) is 25.7. The van der Waals surface area contributed by atoms with E-state index in [1.807, 2.05) is 18.2 Å². The number of aliphatic hydroxyl groups excluding tert-OH is 1. The van der Waals surface area contributed by atoms with E-state index in [-0.39, 0.29) is 25.7 Å². The highest BCUT2D eigenvalue weighted by molar-refractivity contribution is 7.47. The van der Waals surface area contributed by atoms with Gasteiger partial charge in [-0.25, -0.2) is 9.13 Å². The monoisotopic (exact) mass is 1600 g/mol. The van der Waals surface area contributed by atoms with Crippen molar-refractivity contribution in [1.29, 1.82) is 0 Å². The Kier molecular flexibility index (Phi) is 78.4. The van der Waals surface area contributed by atoms with Crippen LogP contribution in [0.3, 0.4) is 0 Å². The molecule has 19 heteroatoms. The number of carbonyl (C=O) groups is 4. The van der Waals surface area contributed by atoms with Crippen LogP contribution in [0.15, 0.2) is 194 Å². The van der Waals surface area contributed by atoms with Crippen molar-refractivity contribution in [2.45, 2.75) is 329 Å². The van der Waals surface area contributed by atoms with Gasteiger partial charge in [0.05, 0.1) is 26.4 Å². The Labute approximate surface area is 678 Å². The van der Waals surface area contributed by atoms with Crippen molar-refractivity contribution >= 4 is 39.5 Å². The van der Waals surface area contributed by atoms with E-state index in [2.05, 4.69) is 204 Å². The van der Waals surface area contributed by atoms with Gasteiger partial charge in [0.25, 0.3) is 0 Å². The van der Waals surface area contributed by atoms with E-state index in [0.29, 0.717) is 32.1 Å². The van der Waals surface area contributed by atoms with E-state index in [1.165, 1.54) is 64.2 Å². The lowest BCUT2D eigenvalue weighted by molar-refractivity contribution is -0.161. The first-order chi connectivity index (χ1) is 54.7. The summed E-state index contributed by atoms with van der Waals surface area (Å²) in [5.74, 6) is -2.36. The Morgan fingerprint density at radius 1 is 0.259 bits per heavy atom. The molecule has 5 atom stereocenters. The van der Waals surface area contributed by atoms with Crippen molar-refractivity contribution in [3.63, 3.8) is 0 Å². The van der Waals surface area contributed by atoms with Gasteiger partial charge in [0, 0.05) is 25.7 Å². The molecule has 0 heterocycles. The smallest absolute Gasteiger partial charge is 0.462 e. The number of hydrogen-bond acceptors (Lipinski definition) is 15. The molecule has 2 unspecified atom stereocenters. The van der Waals surface area contributed by atoms with Crippen LogP contribution in [0.2, 0.25) is 0 Å². The maximum Gasteiger partial charge on any atom is 0.472 e. The molecule has 0 aliphatic carbocycles. The Hall–Kier alpha value is -6.10. The molecular weight excluding hydrogens is 1450 g/mol. The van der Waals surface area contributed by atoms with E-state index in [0.717, 1.165) is 161 Å². The zero-order valence-corrected chi connectivity index (χ0v) is 71.3. The molecule has 0 aromatic carbocycles. The number of rotatable bonds is 78. The number of hydrogen-bond donors (Lipinski definition) is 3. The van der Waals surface area contributed by atoms with Gasteiger partial charge in [0.15, 0.2) is 12.2 Å². The average Bonchev–Trinajstić information content (AvgIpc) is 0.898. The largest absolute Gasteiger partial charge is 0.472 e. The van der Waals surface area contributed by atoms with Gasteiger partial charge < -0.3 is 33.8 Å². The number of unbranched alkanes of at least 4 members (excludes halogenated alkanes) is 20. The topological polar surface area (TPSA) is 237 Å². The second-order valence-electron chi connectivity index (χ2n) is 27.6. The Balaban J connectivity index is 5.53. The summed E-state index contributed by atoms with van der Waals surface area (Å²) in [5.41, 5.74) is 0. The highest BCUT2D eigenvalue weighted by atomic mass is 31.2. The van der Waals surface area contributed by atoms with Gasteiger partial charge in [-0.15, -0.1) is 0 Å². The fourth-order valence-corrected chi connectivity index (χ4v) is 12.3. The van der Waals surface area contributed by atoms with E-state index >= 15 is 0 Å². The summed E-state index contributed by atoms with van der Waals surface area (Å²) in [6, 6.07) is 0. The summed E-state index contributed by atoms with van der Waals surface area (Å²) in [7, 11) is -10.0. The van der Waals surface area contributed by atoms with Crippen molar-refractivity contribution in [3.05, 3.63) is 194 Å². The SMILES string of the molecule is CC/C=C\C/C=C\C/C=C\C/C=C\C/C=C\C/C=C\CCC(=O)OC[C@H](COP(=O)(O)OC[C@@H](O)COP(=O)(O)OC[C@@H](COC(=O)CCCCC/C=C\C/C=C\C/C=C\C/C=C\C/C=C\CC)OC(=O)CCCCCCCCCCCCCCCCC)OC(=O)CCCCC/C=C\C/C=C\C/C=C\C/C=C\C/C=C\CC. The molecule has 0 rings (SSSR count). The minimum absolute atomic E-state index is 0.0205. The molecular formula is C93H150O17P2. The Morgan fingerprint density at radius 2 is 0.482 bits per heavy atom. The van der Waals surface area contributed by atoms with Crippen LogP contribution < -0.4 is 0 Å². The lowest BCUT2D eigenvalue weighted by Crippen LogP contribution is -2.30. The summed E-state index contributed by atoms with van der Waals surface area (Å²) in [4.78, 5) is 73.3. The van der Waals surface area contributed by atoms with Crippen molar-refractivity contribution in [2.24, 2.45) is 0 Å². The minimum atomic E-state index is -5.02. The molecule has 0 amide bonds. The zero-order chi connectivity index (χ0) is 81.7. The van der Waals surface area contributed by atoms with Gasteiger partial charge >= 0.3 is 39.5 Å². The highest BCUT2D eigenvalue weighted by Gasteiger charge is 2.30. The predicted molar refractivity (Wildman–Crippen MR) is 463 cm³/mol. The van der Waals surface area contributed by atoms with Gasteiger partial charge in [0.2, 0.25) is 0 Å². The number of aliphatic hydroxyl groups is 1. The van der Waals surface area contributed by atoms with Crippen LogP contribution in [0.4, 0.5) is 0 Å². The molecule has 0 aliphatic rings. The van der Waals surface area contributed by atoms with Gasteiger partial charge in [0.1, 0.15) is 19.3 Å². The standard InChI is InChI=1S/C93H150O17P2/c1-5-9-13-17-21-25-29-33-37-40-43-46-50-53-57-61-65-69-73-77-90(95)103-83-88(109-92(97)79-75-71-67-63-59-55-49-36-32-28-24-20-16-12-8-4)85-107-111(99,100)105-81-87(94)82-106-112(101,102)108-86-89(110-93(98)80-76-72-68-64-60-56-52-48-45-42-39-35-31-27-23-19-15-11-7-3)84-104-91(96)78-74-70-66-62-58-54-51-47-44-41-38-34-30-26-22-18-14-10-6-2/h9-11,13-15,21-23,25-27,33-35,37-39,43-48,53-54,56-58,60,66,70,87-89,94H,5-8,12,16-20,24,28-32,36,40-42,49-52,55,59,61-65,67-69,71-86H2,1-4H3,(H,99,100)(H,101,102)/b13-9-,14-10-,15-11-,25-21-,26-22-,27-23-,37-33-,38-34-,39-35-,46-43-,47-44-,48-45-,57-53-,58-54-,60-56-,70-66-/t87-,88+,89+/m0/s1. The molecule has 0 bridgehead atoms. The van der Waals surface area contributed by atoms with Crippen molar-refractivity contribution in [3.8, 4) is 0 Å². The van der Waals surface area contributed by atoms with Gasteiger partial charge in [-0.05, 0) is 154 Å². The Morgan fingerprint density at radius 3 is 0.768 bits per heavy atom. The first-order valence-electron chi connectivity index (χ1n) is 42.7. The van der Waals surface area contributed by atoms with E-state index in [4.69, 9.17) is 37.0 Å². The van der Waals surface area contributed by atoms with Crippen LogP contribution in [0.5, 0.6) is 0 Å². The fourth-order valence-electron chi connectivity index (χ4n) is 10.7. The average molecular weight is 1600 g/mol. The van der Waals surface area contributed by atoms with Crippen LogP contribution in [-0.2, 0) is 65.4 Å². The number of esters is 4. The summed E-state index contributed by atoms with van der Waals surface area (Å²) >= 11 is 0. The molecule has 3 N–H and O–H groups in total. The molecule has 0 aromatic heterocycles. The van der Waals surface area contributed by atoms with Crippen LogP contribution >= 0.6 is 15.6 Å². The maximum atomic E-state index is 13.1. The molecule has 0 spiro atoms. The number of phosphoric acid groups is 2. The molecule has 0 aliphatic heterocycles. The molecule has 634 valence electrons. The quantitative estimate of drug-likeness (QED) is 0.0169. The van der Waals surface area contributed by atoms with Gasteiger partial charge in [-0.2, -0.15) is 0 Å². The first kappa shape index (κ1) is 106. The number of allylic oxidation sites excluding steroid dienone is 32. The molecule has 17 nitrogen and oxygen atoms in total. The lowest BCUT2D eigenvalue weighted by atomic mass is 10.0. The molecule has 112 heavy (non-hydrogen) atoms.